The highest BCUT2D eigenvalue weighted by Gasteiger charge is 2.31. The minimum atomic E-state index is -0.309. The summed E-state index contributed by atoms with van der Waals surface area (Å²) in [5, 5.41) is 3.41. The van der Waals surface area contributed by atoms with E-state index in [1.54, 1.807) is 12.0 Å². The quantitative estimate of drug-likeness (QED) is 0.792. The lowest BCUT2D eigenvalue weighted by Gasteiger charge is -2.38. The lowest BCUT2D eigenvalue weighted by molar-refractivity contribution is -0.136. The monoisotopic (exact) mass is 360 g/mol. The highest BCUT2D eigenvalue weighted by Crippen LogP contribution is 2.30. The maximum absolute atomic E-state index is 12.8. The van der Waals surface area contributed by atoms with E-state index in [2.05, 4.69) is 16.3 Å². The van der Waals surface area contributed by atoms with E-state index >= 15 is 0 Å². The van der Waals surface area contributed by atoms with E-state index in [1.165, 1.54) is 0 Å². The number of carbonyl (C=O) groups excluding carboxylic acids is 2. The first-order valence-corrected chi connectivity index (χ1v) is 9.25. The summed E-state index contributed by atoms with van der Waals surface area (Å²) in [4.78, 5) is 28.3. The van der Waals surface area contributed by atoms with Crippen LogP contribution in [0.1, 0.15) is 24.4 Å². The number of para-hydroxylation sites is 1. The number of piperidine rings is 1. The largest absolute Gasteiger partial charge is 0.496 e. The van der Waals surface area contributed by atoms with Crippen LogP contribution in [-0.4, -0.2) is 68.0 Å². The van der Waals surface area contributed by atoms with Gasteiger partial charge in [-0.2, -0.15) is 0 Å². The number of hydrogen-bond acceptors (Lipinski definition) is 5. The molecule has 1 aromatic carbocycles. The zero-order valence-electron chi connectivity index (χ0n) is 15.3. The van der Waals surface area contributed by atoms with Gasteiger partial charge >= 0.3 is 0 Å². The van der Waals surface area contributed by atoms with E-state index in [0.717, 1.165) is 43.8 Å². The lowest BCUT2D eigenvalue weighted by Crippen LogP contribution is -2.52. The molecular weight excluding hydrogens is 332 g/mol. The number of likely N-dealkylation sites (tertiary alicyclic amines) is 1. The van der Waals surface area contributed by atoms with Crippen molar-refractivity contribution in [3.05, 3.63) is 29.8 Å². The van der Waals surface area contributed by atoms with Crippen molar-refractivity contribution in [2.45, 2.75) is 18.9 Å². The molecule has 3 rings (SSSR count). The standard InChI is InChI=1S/C19H28N4O3/c1-26-17-7-3-2-6-15(17)16-11-21-8-10-22(16)13-18(24)23-9-4-5-14(12-23)19(20)25/h2-3,6-7,14,16,21H,4-5,8-13H2,1H3,(H2,20,25). The van der Waals surface area contributed by atoms with Crippen molar-refractivity contribution in [3.63, 3.8) is 0 Å². The molecule has 0 aromatic heterocycles. The van der Waals surface area contributed by atoms with Crippen molar-refractivity contribution in [2.75, 3.05) is 46.4 Å². The topological polar surface area (TPSA) is 87.9 Å². The van der Waals surface area contributed by atoms with Crippen LogP contribution >= 0.6 is 0 Å². The third kappa shape index (κ3) is 4.16. The molecule has 2 fully saturated rings. The van der Waals surface area contributed by atoms with Crippen LogP contribution in [0.3, 0.4) is 0 Å². The average molecular weight is 360 g/mol. The van der Waals surface area contributed by atoms with Gasteiger partial charge < -0.3 is 20.7 Å². The number of methoxy groups -OCH3 is 1. The highest BCUT2D eigenvalue weighted by molar-refractivity contribution is 5.81. The van der Waals surface area contributed by atoms with Gasteiger partial charge in [0.25, 0.3) is 0 Å². The van der Waals surface area contributed by atoms with Crippen molar-refractivity contribution in [1.29, 1.82) is 0 Å². The van der Waals surface area contributed by atoms with Gasteiger partial charge in [-0.25, -0.2) is 0 Å². The van der Waals surface area contributed by atoms with E-state index in [9.17, 15) is 9.59 Å². The first-order chi connectivity index (χ1) is 12.6. The number of benzene rings is 1. The van der Waals surface area contributed by atoms with Gasteiger partial charge in [0.2, 0.25) is 11.8 Å². The summed E-state index contributed by atoms with van der Waals surface area (Å²) in [6.45, 7) is 3.91. The molecule has 2 amide bonds. The molecule has 142 valence electrons. The molecule has 2 unspecified atom stereocenters. The number of carbonyl (C=O) groups is 2. The van der Waals surface area contributed by atoms with Crippen LogP contribution in [0.15, 0.2) is 24.3 Å². The summed E-state index contributed by atoms with van der Waals surface area (Å²) in [7, 11) is 1.67. The Bertz CT molecular complexity index is 651. The van der Waals surface area contributed by atoms with Gasteiger partial charge in [-0.3, -0.25) is 14.5 Å². The zero-order valence-corrected chi connectivity index (χ0v) is 15.3. The van der Waals surface area contributed by atoms with E-state index < -0.39 is 0 Å². The van der Waals surface area contributed by atoms with Crippen LogP contribution in [0.4, 0.5) is 0 Å². The fourth-order valence-corrected chi connectivity index (χ4v) is 3.89. The van der Waals surface area contributed by atoms with Crippen molar-refractivity contribution in [2.24, 2.45) is 11.7 Å². The number of piperazine rings is 1. The smallest absolute Gasteiger partial charge is 0.236 e. The summed E-state index contributed by atoms with van der Waals surface area (Å²) >= 11 is 0. The van der Waals surface area contributed by atoms with E-state index in [-0.39, 0.29) is 23.8 Å². The second kappa shape index (κ2) is 8.51. The minimum absolute atomic E-state index is 0.0674. The van der Waals surface area contributed by atoms with Gasteiger partial charge in [0.1, 0.15) is 5.75 Å². The molecule has 2 aliphatic heterocycles. The zero-order chi connectivity index (χ0) is 18.5. The Morgan fingerprint density at radius 1 is 1.31 bits per heavy atom. The molecule has 1 aromatic rings. The minimum Gasteiger partial charge on any atom is -0.496 e. The number of ether oxygens (including phenoxy) is 1. The van der Waals surface area contributed by atoms with Crippen molar-refractivity contribution in [3.8, 4) is 5.75 Å². The van der Waals surface area contributed by atoms with Crippen LogP contribution in [0.2, 0.25) is 0 Å². The molecule has 0 saturated carbocycles. The van der Waals surface area contributed by atoms with Crippen LogP contribution in [0.5, 0.6) is 5.75 Å². The highest BCUT2D eigenvalue weighted by atomic mass is 16.5. The van der Waals surface area contributed by atoms with Crippen LogP contribution < -0.4 is 15.8 Å². The molecule has 0 aliphatic carbocycles. The first-order valence-electron chi connectivity index (χ1n) is 9.25. The van der Waals surface area contributed by atoms with Gasteiger partial charge in [0, 0.05) is 38.3 Å². The molecule has 7 nitrogen and oxygen atoms in total. The Hall–Kier alpha value is -2.12. The molecule has 26 heavy (non-hydrogen) atoms. The third-order valence-corrected chi connectivity index (χ3v) is 5.37. The molecule has 2 aliphatic rings. The molecular formula is C19H28N4O3. The van der Waals surface area contributed by atoms with Crippen molar-refractivity contribution >= 4 is 11.8 Å². The predicted molar refractivity (Wildman–Crippen MR) is 98.7 cm³/mol. The molecule has 2 heterocycles. The Morgan fingerprint density at radius 2 is 2.12 bits per heavy atom. The second-order valence-corrected chi connectivity index (χ2v) is 7.01. The Kier molecular flexibility index (Phi) is 6.11. The summed E-state index contributed by atoms with van der Waals surface area (Å²) in [6.07, 6.45) is 1.60. The average Bonchev–Trinajstić information content (AvgIpc) is 2.68. The van der Waals surface area contributed by atoms with E-state index in [0.29, 0.717) is 19.6 Å². The maximum Gasteiger partial charge on any atom is 0.236 e. The number of hydrogen-bond donors (Lipinski definition) is 2. The molecule has 0 radical (unpaired) electrons. The SMILES string of the molecule is COc1ccccc1C1CNCCN1CC(=O)N1CCCC(C(N)=O)C1. The fraction of sp³-hybridized carbons (Fsp3) is 0.579. The molecule has 7 heteroatoms. The maximum atomic E-state index is 12.8. The Balaban J connectivity index is 1.70. The summed E-state index contributed by atoms with van der Waals surface area (Å²) < 4.78 is 5.51. The summed E-state index contributed by atoms with van der Waals surface area (Å²) in [5.41, 5.74) is 6.52. The molecule has 3 N–H and O–H groups in total. The Labute approximate surface area is 154 Å². The van der Waals surface area contributed by atoms with E-state index in [1.807, 2.05) is 18.2 Å². The first kappa shape index (κ1) is 18.7. The number of amides is 2. The molecule has 2 saturated heterocycles. The van der Waals surface area contributed by atoms with E-state index in [4.69, 9.17) is 10.5 Å². The van der Waals surface area contributed by atoms with Crippen LogP contribution in [-0.2, 0) is 9.59 Å². The van der Waals surface area contributed by atoms with Gasteiger partial charge in [-0.05, 0) is 18.9 Å². The van der Waals surface area contributed by atoms with Gasteiger partial charge in [-0.1, -0.05) is 18.2 Å². The second-order valence-electron chi connectivity index (χ2n) is 7.01. The lowest BCUT2D eigenvalue weighted by atomic mass is 9.97. The normalized spacial score (nSPS) is 24.3. The number of rotatable bonds is 5. The number of nitrogens with one attached hydrogen (secondary N) is 1. The van der Waals surface area contributed by atoms with Crippen molar-refractivity contribution < 1.29 is 14.3 Å². The van der Waals surface area contributed by atoms with Gasteiger partial charge in [0.15, 0.2) is 0 Å². The molecule has 2 atom stereocenters. The number of primary amides is 1. The summed E-state index contributed by atoms with van der Waals surface area (Å²) in [5.74, 6) is 0.375. The Morgan fingerprint density at radius 3 is 2.88 bits per heavy atom. The van der Waals surface area contributed by atoms with Crippen LogP contribution in [0.25, 0.3) is 0 Å². The third-order valence-electron chi connectivity index (χ3n) is 5.37. The molecule has 0 spiro atoms. The predicted octanol–water partition coefficient (Wildman–Crippen LogP) is 0.365. The molecule has 0 bridgehead atoms. The number of nitrogens with two attached hydrogens (primary N) is 1. The van der Waals surface area contributed by atoms with Crippen LogP contribution in [0, 0.1) is 5.92 Å². The van der Waals surface area contributed by atoms with Gasteiger partial charge in [0.05, 0.1) is 25.6 Å². The fourth-order valence-electron chi connectivity index (χ4n) is 3.89. The number of nitrogens with zero attached hydrogens (tertiary/aromatic N) is 2. The summed E-state index contributed by atoms with van der Waals surface area (Å²) in [6, 6.07) is 8.03. The van der Waals surface area contributed by atoms with Crippen molar-refractivity contribution in [1.82, 2.24) is 15.1 Å². The van der Waals surface area contributed by atoms with Gasteiger partial charge in [-0.15, -0.1) is 0 Å².